The highest BCUT2D eigenvalue weighted by molar-refractivity contribution is 8.00. The summed E-state index contributed by atoms with van der Waals surface area (Å²) in [7, 11) is 0. The minimum absolute atomic E-state index is 0.0425. The number of aromatic nitrogens is 2. The molecule has 1 N–H and O–H groups in total. The van der Waals surface area contributed by atoms with Gasteiger partial charge in [-0.25, -0.2) is 0 Å². The number of nitrogens with one attached hydrogen (secondary N) is 1. The number of hydrogen-bond donors (Lipinski definition) is 1. The summed E-state index contributed by atoms with van der Waals surface area (Å²) in [6, 6.07) is 6.20. The quantitative estimate of drug-likeness (QED) is 0.850. The largest absolute Gasteiger partial charge is 0.416 e. The van der Waals surface area contributed by atoms with Crippen LogP contribution in [0.15, 0.2) is 27.8 Å². The highest BCUT2D eigenvalue weighted by atomic mass is 32.2. The topological polar surface area (TPSA) is 68.0 Å². The first-order valence-electron chi connectivity index (χ1n) is 8.12. The van der Waals surface area contributed by atoms with Gasteiger partial charge < -0.3 is 9.73 Å². The third-order valence-electron chi connectivity index (χ3n) is 4.36. The summed E-state index contributed by atoms with van der Waals surface area (Å²) in [6.07, 6.45) is 5.71. The predicted molar refractivity (Wildman–Crippen MR) is 88.7 cm³/mol. The van der Waals surface area contributed by atoms with Crippen molar-refractivity contribution in [3.63, 3.8) is 0 Å². The van der Waals surface area contributed by atoms with Crippen LogP contribution in [0.1, 0.15) is 49.1 Å². The van der Waals surface area contributed by atoms with E-state index in [1.165, 1.54) is 29.3 Å². The van der Waals surface area contributed by atoms with Gasteiger partial charge in [0, 0.05) is 11.6 Å². The van der Waals surface area contributed by atoms with Gasteiger partial charge in [-0.2, -0.15) is 0 Å². The number of fused-ring (bicyclic) bond motifs is 1. The van der Waals surface area contributed by atoms with Crippen molar-refractivity contribution in [2.75, 3.05) is 5.32 Å². The summed E-state index contributed by atoms with van der Waals surface area (Å²) in [5, 5.41) is 11.2. The molecule has 1 heterocycles. The van der Waals surface area contributed by atoms with Crippen molar-refractivity contribution >= 4 is 23.4 Å². The van der Waals surface area contributed by atoms with Crippen LogP contribution in [0.2, 0.25) is 0 Å². The third-order valence-corrected chi connectivity index (χ3v) is 5.30. The van der Waals surface area contributed by atoms with Gasteiger partial charge in [0.05, 0.1) is 5.25 Å². The first-order valence-corrected chi connectivity index (χ1v) is 9.00. The lowest BCUT2D eigenvalue weighted by atomic mass is 10.1. The molecule has 2 aliphatic carbocycles. The van der Waals surface area contributed by atoms with Gasteiger partial charge >= 0.3 is 0 Å². The van der Waals surface area contributed by atoms with Crippen molar-refractivity contribution < 1.29 is 9.21 Å². The molecular weight excluding hydrogens is 310 g/mol. The van der Waals surface area contributed by atoms with Crippen LogP contribution in [0, 0.1) is 0 Å². The van der Waals surface area contributed by atoms with Crippen molar-refractivity contribution in [3.8, 4) is 0 Å². The van der Waals surface area contributed by atoms with E-state index >= 15 is 0 Å². The minimum Gasteiger partial charge on any atom is -0.416 e. The molecule has 1 amide bonds. The van der Waals surface area contributed by atoms with Crippen LogP contribution in [0.5, 0.6) is 0 Å². The molecule has 1 aromatic carbocycles. The lowest BCUT2D eigenvalue weighted by molar-refractivity contribution is -0.115. The van der Waals surface area contributed by atoms with Crippen LogP contribution < -0.4 is 5.32 Å². The molecule has 1 saturated carbocycles. The Balaban J connectivity index is 1.37. The second-order valence-electron chi connectivity index (χ2n) is 6.27. The summed E-state index contributed by atoms with van der Waals surface area (Å²) in [4.78, 5) is 12.3. The van der Waals surface area contributed by atoms with Crippen molar-refractivity contribution in [2.45, 2.75) is 55.4 Å². The van der Waals surface area contributed by atoms with Crippen LogP contribution >= 0.6 is 11.8 Å². The van der Waals surface area contributed by atoms with E-state index in [4.69, 9.17) is 4.42 Å². The highest BCUT2D eigenvalue weighted by Gasteiger charge is 2.30. The molecule has 0 bridgehead atoms. The highest BCUT2D eigenvalue weighted by Crippen LogP contribution is 2.40. The molecule has 120 valence electrons. The SMILES string of the molecule is C[C@@H](Sc1nnc(C2CC2)o1)C(=O)Nc1ccc2c(c1)CCC2. The van der Waals surface area contributed by atoms with Gasteiger partial charge in [0.25, 0.3) is 5.22 Å². The molecule has 0 aliphatic heterocycles. The summed E-state index contributed by atoms with van der Waals surface area (Å²) < 4.78 is 5.60. The molecule has 5 nitrogen and oxygen atoms in total. The fourth-order valence-corrected chi connectivity index (χ4v) is 3.55. The number of thioether (sulfide) groups is 1. The first-order chi connectivity index (χ1) is 11.2. The molecule has 0 spiro atoms. The zero-order valence-electron chi connectivity index (χ0n) is 13.0. The first kappa shape index (κ1) is 14.8. The Morgan fingerprint density at radius 3 is 2.96 bits per heavy atom. The van der Waals surface area contributed by atoms with Gasteiger partial charge in [0.2, 0.25) is 11.8 Å². The number of amides is 1. The minimum atomic E-state index is -0.282. The summed E-state index contributed by atoms with van der Waals surface area (Å²) in [6.45, 7) is 1.86. The number of nitrogens with zero attached hydrogens (tertiary/aromatic N) is 2. The maximum absolute atomic E-state index is 12.3. The second-order valence-corrected chi connectivity index (χ2v) is 7.56. The normalized spacial score (nSPS) is 17.8. The maximum Gasteiger partial charge on any atom is 0.277 e. The fraction of sp³-hybridized carbons (Fsp3) is 0.471. The molecule has 1 fully saturated rings. The Bertz CT molecular complexity index is 739. The Morgan fingerprint density at radius 2 is 2.13 bits per heavy atom. The van der Waals surface area contributed by atoms with Gasteiger partial charge in [-0.1, -0.05) is 17.8 Å². The molecule has 1 atom stereocenters. The predicted octanol–water partition coefficient (Wildman–Crippen LogP) is 3.56. The van der Waals surface area contributed by atoms with E-state index in [1.807, 2.05) is 13.0 Å². The third kappa shape index (κ3) is 3.27. The monoisotopic (exact) mass is 329 g/mol. The summed E-state index contributed by atoms with van der Waals surface area (Å²) in [5.74, 6) is 1.10. The van der Waals surface area contributed by atoms with E-state index in [0.29, 0.717) is 17.0 Å². The number of aryl methyl sites for hydroxylation is 2. The Morgan fingerprint density at radius 1 is 1.30 bits per heavy atom. The van der Waals surface area contributed by atoms with Gasteiger partial charge in [0.15, 0.2) is 0 Å². The van der Waals surface area contributed by atoms with Crippen LogP contribution in [-0.2, 0) is 17.6 Å². The smallest absolute Gasteiger partial charge is 0.277 e. The molecule has 6 heteroatoms. The maximum atomic E-state index is 12.3. The van der Waals surface area contributed by atoms with Crippen molar-refractivity contribution in [1.82, 2.24) is 10.2 Å². The second kappa shape index (κ2) is 6.00. The lowest BCUT2D eigenvalue weighted by Gasteiger charge is -2.11. The van der Waals surface area contributed by atoms with E-state index in [9.17, 15) is 4.79 Å². The number of hydrogen-bond acceptors (Lipinski definition) is 5. The molecule has 0 saturated heterocycles. The number of anilines is 1. The van der Waals surface area contributed by atoms with Crippen LogP contribution in [0.3, 0.4) is 0 Å². The summed E-state index contributed by atoms with van der Waals surface area (Å²) in [5.41, 5.74) is 3.63. The zero-order chi connectivity index (χ0) is 15.8. The lowest BCUT2D eigenvalue weighted by Crippen LogP contribution is -2.22. The Hall–Kier alpha value is -1.82. The van der Waals surface area contributed by atoms with Gasteiger partial charge in [-0.05, 0) is 62.3 Å². The fourth-order valence-electron chi connectivity index (χ4n) is 2.86. The van der Waals surface area contributed by atoms with Crippen LogP contribution in [0.4, 0.5) is 5.69 Å². The van der Waals surface area contributed by atoms with E-state index in [1.54, 1.807) is 0 Å². The van der Waals surface area contributed by atoms with Crippen LogP contribution in [0.25, 0.3) is 0 Å². The van der Waals surface area contributed by atoms with E-state index < -0.39 is 0 Å². The summed E-state index contributed by atoms with van der Waals surface area (Å²) >= 11 is 1.31. The standard InChI is InChI=1S/C17H19N3O2S/c1-10(23-17-20-19-16(22-17)12-5-6-12)15(21)18-14-8-7-11-3-2-4-13(11)9-14/h7-10,12H,2-6H2,1H3,(H,18,21)/t10-/m1/s1. The van der Waals surface area contributed by atoms with Crippen molar-refractivity contribution in [2.24, 2.45) is 0 Å². The Kier molecular flexibility index (Phi) is 3.85. The van der Waals surface area contributed by atoms with E-state index in [-0.39, 0.29) is 11.2 Å². The van der Waals surface area contributed by atoms with E-state index in [2.05, 4.69) is 27.6 Å². The average molecular weight is 329 g/mol. The molecule has 0 unspecified atom stereocenters. The molecule has 2 aliphatic rings. The molecule has 23 heavy (non-hydrogen) atoms. The average Bonchev–Trinajstić information content (AvgIpc) is 3.11. The molecule has 4 rings (SSSR count). The van der Waals surface area contributed by atoms with Gasteiger partial charge in [0.1, 0.15) is 0 Å². The Labute approximate surface area is 139 Å². The molecule has 2 aromatic rings. The zero-order valence-corrected chi connectivity index (χ0v) is 13.9. The number of carbonyl (C=O) groups excluding carboxylic acids is 1. The van der Waals surface area contributed by atoms with Gasteiger partial charge in [-0.15, -0.1) is 10.2 Å². The molecular formula is C17H19N3O2S. The van der Waals surface area contributed by atoms with Crippen molar-refractivity contribution in [3.05, 3.63) is 35.2 Å². The van der Waals surface area contributed by atoms with Crippen molar-refractivity contribution in [1.29, 1.82) is 0 Å². The molecule has 1 aromatic heterocycles. The van der Waals surface area contributed by atoms with Gasteiger partial charge in [-0.3, -0.25) is 4.79 Å². The molecule has 0 radical (unpaired) electrons. The number of carbonyl (C=O) groups is 1. The van der Waals surface area contributed by atoms with E-state index in [0.717, 1.165) is 31.4 Å². The number of benzene rings is 1. The van der Waals surface area contributed by atoms with Crippen LogP contribution in [-0.4, -0.2) is 21.4 Å². The number of rotatable bonds is 5.